The summed E-state index contributed by atoms with van der Waals surface area (Å²) in [6.45, 7) is 1.97. The van der Waals surface area contributed by atoms with Gasteiger partial charge in [-0.05, 0) is 24.6 Å². The van der Waals surface area contributed by atoms with Gasteiger partial charge < -0.3 is 10.6 Å². The van der Waals surface area contributed by atoms with Crippen molar-refractivity contribution in [3.63, 3.8) is 0 Å². The smallest absolute Gasteiger partial charge is 0.212 e. The maximum atomic E-state index is 13.2. The third kappa shape index (κ3) is 3.32. The van der Waals surface area contributed by atoms with Crippen LogP contribution in [0.3, 0.4) is 0 Å². The number of carbonyl (C=O) groups is 2. The second kappa shape index (κ2) is 7.53. The Morgan fingerprint density at radius 3 is 1.75 bits per heavy atom. The quantitative estimate of drug-likeness (QED) is 0.683. The van der Waals surface area contributed by atoms with Crippen LogP contribution in [0.25, 0.3) is 0 Å². The van der Waals surface area contributed by atoms with Gasteiger partial charge in [-0.2, -0.15) is 0 Å². The van der Waals surface area contributed by atoms with Gasteiger partial charge in [-0.25, -0.2) is 0 Å². The number of allylic oxidation sites excluding steroid dienone is 2. The molecule has 2 N–H and O–H groups in total. The third-order valence-electron chi connectivity index (χ3n) is 4.82. The van der Waals surface area contributed by atoms with Crippen molar-refractivity contribution in [1.82, 2.24) is 5.32 Å². The van der Waals surface area contributed by atoms with E-state index in [-0.39, 0.29) is 23.3 Å². The van der Waals surface area contributed by atoms with E-state index in [9.17, 15) is 9.59 Å². The molecule has 4 nitrogen and oxygen atoms in total. The molecular weight excluding hydrogens is 348 g/mol. The molecular formula is C24H20N2O2. The van der Waals surface area contributed by atoms with Crippen molar-refractivity contribution in [1.29, 1.82) is 0 Å². The third-order valence-corrected chi connectivity index (χ3v) is 4.82. The van der Waals surface area contributed by atoms with Crippen LogP contribution in [0.1, 0.15) is 39.2 Å². The fourth-order valence-corrected chi connectivity index (χ4v) is 3.34. The van der Waals surface area contributed by atoms with Gasteiger partial charge in [0.25, 0.3) is 0 Å². The van der Waals surface area contributed by atoms with Gasteiger partial charge in [0.05, 0.1) is 0 Å². The lowest BCUT2D eigenvalue weighted by Crippen LogP contribution is -2.34. The highest BCUT2D eigenvalue weighted by Crippen LogP contribution is 2.28. The molecule has 0 saturated heterocycles. The van der Waals surface area contributed by atoms with Crippen LogP contribution in [-0.4, -0.2) is 11.6 Å². The van der Waals surface area contributed by atoms with Crippen LogP contribution in [0, 0.1) is 0 Å². The molecule has 1 aliphatic carbocycles. The van der Waals surface area contributed by atoms with E-state index < -0.39 is 0 Å². The minimum Gasteiger partial charge on any atom is -0.374 e. The van der Waals surface area contributed by atoms with Gasteiger partial charge in [0.1, 0.15) is 11.4 Å². The van der Waals surface area contributed by atoms with Crippen molar-refractivity contribution in [3.05, 3.63) is 113 Å². The largest absolute Gasteiger partial charge is 0.374 e. The van der Waals surface area contributed by atoms with Crippen LogP contribution in [0.5, 0.6) is 0 Å². The molecule has 4 rings (SSSR count). The molecule has 0 aliphatic heterocycles. The summed E-state index contributed by atoms with van der Waals surface area (Å²) in [5.74, 6) is -0.377. The zero-order valence-corrected chi connectivity index (χ0v) is 15.5. The Morgan fingerprint density at radius 1 is 0.643 bits per heavy atom. The first-order valence-corrected chi connectivity index (χ1v) is 9.21. The molecule has 0 spiro atoms. The number of hydrogen-bond acceptors (Lipinski definition) is 4. The van der Waals surface area contributed by atoms with Gasteiger partial charge in [0.2, 0.25) is 11.6 Å². The van der Waals surface area contributed by atoms with Crippen LogP contribution in [-0.2, 0) is 0 Å². The normalized spacial score (nSPS) is 14.5. The Hall–Kier alpha value is -3.66. The van der Waals surface area contributed by atoms with Gasteiger partial charge in [-0.15, -0.1) is 0 Å². The molecule has 0 saturated carbocycles. The second-order valence-electron chi connectivity index (χ2n) is 6.72. The molecule has 3 aromatic rings. The molecule has 0 unspecified atom stereocenters. The molecule has 0 amide bonds. The summed E-state index contributed by atoms with van der Waals surface area (Å²) in [6, 6.07) is 26.0. The molecule has 3 aromatic carbocycles. The summed E-state index contributed by atoms with van der Waals surface area (Å²) in [7, 11) is 0. The number of benzene rings is 3. The monoisotopic (exact) mass is 368 g/mol. The second-order valence-corrected chi connectivity index (χ2v) is 6.72. The van der Waals surface area contributed by atoms with Crippen molar-refractivity contribution in [2.75, 3.05) is 5.32 Å². The van der Waals surface area contributed by atoms with E-state index in [0.717, 1.165) is 11.3 Å². The number of nitrogens with one attached hydrogen (secondary N) is 2. The van der Waals surface area contributed by atoms with Crippen LogP contribution in [0.4, 0.5) is 5.69 Å². The minimum atomic E-state index is -0.193. The summed E-state index contributed by atoms with van der Waals surface area (Å²) in [5, 5.41) is 6.43. The van der Waals surface area contributed by atoms with Gasteiger partial charge >= 0.3 is 0 Å². The van der Waals surface area contributed by atoms with E-state index in [0.29, 0.717) is 16.8 Å². The molecule has 1 aliphatic rings. The summed E-state index contributed by atoms with van der Waals surface area (Å²) in [5.41, 5.74) is 3.21. The summed E-state index contributed by atoms with van der Waals surface area (Å²) < 4.78 is 0. The van der Waals surface area contributed by atoms with Crippen molar-refractivity contribution in [2.45, 2.75) is 13.0 Å². The maximum Gasteiger partial charge on any atom is 0.212 e. The molecule has 4 heteroatoms. The number of anilines is 1. The lowest BCUT2D eigenvalue weighted by atomic mass is 9.89. The Bertz CT molecular complexity index is 1060. The maximum absolute atomic E-state index is 13.2. The zero-order chi connectivity index (χ0) is 19.5. The van der Waals surface area contributed by atoms with E-state index in [2.05, 4.69) is 10.6 Å². The molecule has 1 atom stereocenters. The predicted molar refractivity (Wildman–Crippen MR) is 110 cm³/mol. The van der Waals surface area contributed by atoms with Gasteiger partial charge in [0.15, 0.2) is 0 Å². The minimum absolute atomic E-state index is 0.134. The van der Waals surface area contributed by atoms with Crippen LogP contribution in [0.15, 0.2) is 96.3 Å². The Morgan fingerprint density at radius 2 is 1.14 bits per heavy atom. The van der Waals surface area contributed by atoms with Crippen LogP contribution >= 0.6 is 0 Å². The van der Waals surface area contributed by atoms with Gasteiger partial charge in [-0.1, -0.05) is 72.8 Å². The molecule has 0 heterocycles. The molecule has 0 fully saturated rings. The van der Waals surface area contributed by atoms with Crippen molar-refractivity contribution < 1.29 is 9.59 Å². The highest BCUT2D eigenvalue weighted by Gasteiger charge is 2.33. The number of para-hydroxylation sites is 1. The standard InChI is InChI=1S/C24H20N2O2/c1-16(17-10-4-2-5-11-17)25-21-22(26-18-12-6-3-7-13-18)24(28)20-15-9-8-14-19(20)23(21)27/h2-16,25-26H,1H3/t16-/m1/s1. The van der Waals surface area contributed by atoms with E-state index in [4.69, 9.17) is 0 Å². The topological polar surface area (TPSA) is 58.2 Å². The number of Topliss-reactive ketones (excluding diaryl/α,β-unsaturated/α-hetero) is 2. The van der Waals surface area contributed by atoms with Crippen molar-refractivity contribution in [3.8, 4) is 0 Å². The lowest BCUT2D eigenvalue weighted by Gasteiger charge is -2.25. The number of hydrogen-bond donors (Lipinski definition) is 2. The molecule has 138 valence electrons. The molecule has 28 heavy (non-hydrogen) atoms. The first kappa shape index (κ1) is 17.7. The number of carbonyl (C=O) groups excluding carboxylic acids is 2. The highest BCUT2D eigenvalue weighted by molar-refractivity contribution is 6.27. The summed E-state index contributed by atoms with van der Waals surface area (Å²) >= 11 is 0. The van der Waals surface area contributed by atoms with Gasteiger partial charge in [0, 0.05) is 22.9 Å². The first-order chi connectivity index (χ1) is 13.6. The molecule has 0 bridgehead atoms. The average molecular weight is 368 g/mol. The lowest BCUT2D eigenvalue weighted by molar-refractivity contribution is 0.0968. The molecule has 0 radical (unpaired) electrons. The predicted octanol–water partition coefficient (Wildman–Crippen LogP) is 4.74. The fraction of sp³-hybridized carbons (Fsp3) is 0.0833. The summed E-state index contributed by atoms with van der Waals surface area (Å²) in [6.07, 6.45) is 0. The Kier molecular flexibility index (Phi) is 4.77. The average Bonchev–Trinajstić information content (AvgIpc) is 2.75. The van der Waals surface area contributed by atoms with E-state index in [1.54, 1.807) is 24.3 Å². The number of rotatable bonds is 5. The Labute approximate surface area is 163 Å². The Balaban J connectivity index is 1.77. The van der Waals surface area contributed by atoms with E-state index >= 15 is 0 Å². The number of ketones is 2. The van der Waals surface area contributed by atoms with Gasteiger partial charge in [-0.3, -0.25) is 9.59 Å². The van der Waals surface area contributed by atoms with Crippen LogP contribution < -0.4 is 10.6 Å². The van der Waals surface area contributed by atoms with Crippen molar-refractivity contribution in [2.24, 2.45) is 0 Å². The SMILES string of the molecule is C[C@@H](NC1=C(Nc2ccccc2)C(=O)c2ccccc2C1=O)c1ccccc1. The highest BCUT2D eigenvalue weighted by atomic mass is 16.1. The summed E-state index contributed by atoms with van der Waals surface area (Å²) in [4.78, 5) is 26.4. The fourth-order valence-electron chi connectivity index (χ4n) is 3.34. The van der Waals surface area contributed by atoms with Crippen LogP contribution in [0.2, 0.25) is 0 Å². The first-order valence-electron chi connectivity index (χ1n) is 9.21. The molecule has 0 aromatic heterocycles. The van der Waals surface area contributed by atoms with Crippen molar-refractivity contribution >= 4 is 17.3 Å². The zero-order valence-electron chi connectivity index (χ0n) is 15.5. The van der Waals surface area contributed by atoms with E-state index in [1.807, 2.05) is 67.6 Å². The number of fused-ring (bicyclic) bond motifs is 1. The van der Waals surface area contributed by atoms with E-state index in [1.165, 1.54) is 0 Å².